The summed E-state index contributed by atoms with van der Waals surface area (Å²) in [6.45, 7) is -0.0457. The fourth-order valence-electron chi connectivity index (χ4n) is 1.85. The second-order valence-electron chi connectivity index (χ2n) is 4.47. The van der Waals surface area contributed by atoms with Crippen molar-refractivity contribution in [1.82, 2.24) is 15.0 Å². The number of alkyl halides is 3. The van der Waals surface area contributed by atoms with Crippen molar-refractivity contribution in [3.8, 4) is 5.75 Å². The predicted octanol–water partition coefficient (Wildman–Crippen LogP) is 1.34. The Kier molecular flexibility index (Phi) is 4.69. The number of rotatable bonds is 5. The van der Waals surface area contributed by atoms with E-state index in [0.717, 1.165) is 22.9 Å². The highest BCUT2D eigenvalue weighted by atomic mass is 19.4. The van der Waals surface area contributed by atoms with Crippen LogP contribution in [0.15, 0.2) is 30.5 Å². The van der Waals surface area contributed by atoms with Gasteiger partial charge in [0.05, 0.1) is 6.54 Å². The van der Waals surface area contributed by atoms with Crippen molar-refractivity contribution < 1.29 is 27.6 Å². The summed E-state index contributed by atoms with van der Waals surface area (Å²) in [6, 6.07) is 4.79. The number of nitrogen functional groups attached to an aromatic ring is 1. The van der Waals surface area contributed by atoms with Gasteiger partial charge >= 0.3 is 23.9 Å². The summed E-state index contributed by atoms with van der Waals surface area (Å²) >= 11 is 0. The molecule has 0 atom stereocenters. The van der Waals surface area contributed by atoms with Gasteiger partial charge in [0.25, 0.3) is 0 Å². The minimum atomic E-state index is -4.81. The molecule has 0 radical (unpaired) electrons. The molecule has 0 aliphatic carbocycles. The maximum Gasteiger partial charge on any atom is 0.573 e. The number of carbonyl (C=O) groups is 1. The first-order chi connectivity index (χ1) is 11.2. The van der Waals surface area contributed by atoms with Crippen LogP contribution in [0.3, 0.4) is 0 Å². The molecule has 3 N–H and O–H groups in total. The van der Waals surface area contributed by atoms with Crippen LogP contribution in [-0.4, -0.2) is 26.7 Å². The summed E-state index contributed by atoms with van der Waals surface area (Å²) in [5, 5.41) is 10.8. The Hall–Kier alpha value is -3.15. The molecule has 1 heterocycles. The van der Waals surface area contributed by atoms with Crippen LogP contribution in [-0.2, 0) is 6.54 Å². The number of nitrogens with two attached hydrogens (primary N) is 1. The van der Waals surface area contributed by atoms with Gasteiger partial charge in [-0.1, -0.05) is 12.1 Å². The maximum absolute atomic E-state index is 12.1. The first-order valence-electron chi connectivity index (χ1n) is 6.27. The van der Waals surface area contributed by atoms with Crippen LogP contribution >= 0.6 is 0 Å². The highest BCUT2D eigenvalue weighted by molar-refractivity contribution is 5.90. The molecule has 24 heavy (non-hydrogen) atoms. The number of halogens is 3. The number of nitro groups is 1. The standard InChI is InChI=1S/C12H10F3N5O4/c13-12(14,15)24-8-3-1-7(2-4-8)5-19-6-9(20(22)23)17-10(19)11(21)18-16/h1-4,6H,5,16H2,(H,18,21). The lowest BCUT2D eigenvalue weighted by molar-refractivity contribution is -0.389. The Morgan fingerprint density at radius 2 is 2.00 bits per heavy atom. The van der Waals surface area contributed by atoms with E-state index in [2.05, 4.69) is 9.72 Å². The van der Waals surface area contributed by atoms with Gasteiger partial charge in [0.1, 0.15) is 11.9 Å². The normalized spacial score (nSPS) is 11.2. The largest absolute Gasteiger partial charge is 0.573 e. The van der Waals surface area contributed by atoms with E-state index in [1.54, 1.807) is 5.43 Å². The first-order valence-corrected chi connectivity index (χ1v) is 6.27. The number of amides is 1. The fourth-order valence-corrected chi connectivity index (χ4v) is 1.85. The molecular formula is C12H10F3N5O4. The number of hydrazine groups is 1. The second-order valence-corrected chi connectivity index (χ2v) is 4.47. The summed E-state index contributed by atoms with van der Waals surface area (Å²) in [6.07, 6.45) is -3.79. The zero-order valence-corrected chi connectivity index (χ0v) is 11.8. The molecule has 0 bridgehead atoms. The molecule has 2 rings (SSSR count). The average molecular weight is 345 g/mol. The van der Waals surface area contributed by atoms with Crippen LogP contribution in [0.2, 0.25) is 0 Å². The minimum Gasteiger partial charge on any atom is -0.406 e. The molecule has 128 valence electrons. The topological polar surface area (TPSA) is 125 Å². The zero-order chi connectivity index (χ0) is 17.9. The van der Waals surface area contributed by atoms with Gasteiger partial charge in [-0.05, 0) is 27.6 Å². The van der Waals surface area contributed by atoms with Gasteiger partial charge in [-0.15, -0.1) is 13.2 Å². The molecule has 0 unspecified atom stereocenters. The molecule has 2 aromatic rings. The number of benzene rings is 1. The van der Waals surface area contributed by atoms with E-state index < -0.39 is 28.8 Å². The van der Waals surface area contributed by atoms with Crippen molar-refractivity contribution in [2.75, 3.05) is 0 Å². The van der Waals surface area contributed by atoms with Crippen molar-refractivity contribution in [1.29, 1.82) is 0 Å². The molecule has 0 saturated heterocycles. The number of hydrogen-bond acceptors (Lipinski definition) is 6. The number of hydrogen-bond donors (Lipinski definition) is 2. The summed E-state index contributed by atoms with van der Waals surface area (Å²) < 4.78 is 41.2. The van der Waals surface area contributed by atoms with Crippen LogP contribution in [0.5, 0.6) is 5.75 Å². The molecule has 1 amide bonds. The van der Waals surface area contributed by atoms with Crippen LogP contribution in [0.25, 0.3) is 0 Å². The number of carbonyl (C=O) groups excluding carboxylic acids is 1. The number of aromatic nitrogens is 2. The molecule has 1 aromatic heterocycles. The van der Waals surface area contributed by atoms with Gasteiger partial charge in [-0.3, -0.25) is 14.8 Å². The molecule has 0 fully saturated rings. The molecule has 1 aromatic carbocycles. The van der Waals surface area contributed by atoms with Gasteiger partial charge in [-0.25, -0.2) is 5.84 Å². The smallest absolute Gasteiger partial charge is 0.406 e. The summed E-state index contributed by atoms with van der Waals surface area (Å²) in [5.74, 6) is 2.85. The zero-order valence-electron chi connectivity index (χ0n) is 11.8. The van der Waals surface area contributed by atoms with Gasteiger partial charge in [0.15, 0.2) is 0 Å². The van der Waals surface area contributed by atoms with E-state index in [0.29, 0.717) is 5.56 Å². The van der Waals surface area contributed by atoms with Crippen molar-refractivity contribution in [3.63, 3.8) is 0 Å². The predicted molar refractivity (Wildman–Crippen MR) is 72.8 cm³/mol. The molecule has 0 aliphatic heterocycles. The SMILES string of the molecule is NNC(=O)c1nc([N+](=O)[O-])cn1Cc1ccc(OC(F)(F)F)cc1. The maximum atomic E-state index is 12.1. The number of imidazole rings is 1. The van der Waals surface area contributed by atoms with Crippen molar-refractivity contribution in [2.45, 2.75) is 12.9 Å². The third-order valence-electron chi connectivity index (χ3n) is 2.79. The Labute approximate surface area is 132 Å². The van der Waals surface area contributed by atoms with Crippen LogP contribution in [0.1, 0.15) is 16.2 Å². The third kappa shape index (κ3) is 4.19. The van der Waals surface area contributed by atoms with E-state index in [9.17, 15) is 28.1 Å². The van der Waals surface area contributed by atoms with Crippen molar-refractivity contribution in [2.24, 2.45) is 5.84 Å². The molecule has 12 heteroatoms. The minimum absolute atomic E-state index is 0.0457. The van der Waals surface area contributed by atoms with Crippen LogP contribution in [0, 0.1) is 10.1 Å². The van der Waals surface area contributed by atoms with Gasteiger partial charge < -0.3 is 14.9 Å². The van der Waals surface area contributed by atoms with E-state index in [4.69, 9.17) is 5.84 Å². The highest BCUT2D eigenvalue weighted by Gasteiger charge is 2.31. The molecule has 0 aliphatic rings. The lowest BCUT2D eigenvalue weighted by Crippen LogP contribution is -2.32. The van der Waals surface area contributed by atoms with Crippen LogP contribution in [0.4, 0.5) is 19.0 Å². The number of nitrogens with one attached hydrogen (secondary N) is 1. The first kappa shape index (κ1) is 17.2. The average Bonchev–Trinajstić information content (AvgIpc) is 2.91. The number of ether oxygens (including phenoxy) is 1. The monoisotopic (exact) mass is 345 g/mol. The molecular weight excluding hydrogens is 335 g/mol. The Morgan fingerprint density at radius 1 is 1.38 bits per heavy atom. The van der Waals surface area contributed by atoms with E-state index in [1.807, 2.05) is 0 Å². The Morgan fingerprint density at radius 3 is 2.50 bits per heavy atom. The number of nitrogens with zero attached hydrogens (tertiary/aromatic N) is 3. The summed E-state index contributed by atoms with van der Waals surface area (Å²) in [7, 11) is 0. The molecule has 0 saturated carbocycles. The van der Waals surface area contributed by atoms with Crippen molar-refractivity contribution in [3.05, 3.63) is 52.0 Å². The van der Waals surface area contributed by atoms with Crippen LogP contribution < -0.4 is 16.0 Å². The van der Waals surface area contributed by atoms with Crippen molar-refractivity contribution >= 4 is 11.7 Å². The third-order valence-corrected chi connectivity index (χ3v) is 2.79. The lowest BCUT2D eigenvalue weighted by Gasteiger charge is -2.09. The van der Waals surface area contributed by atoms with Gasteiger partial charge in [-0.2, -0.15) is 0 Å². The van der Waals surface area contributed by atoms with E-state index >= 15 is 0 Å². The molecule has 9 nitrogen and oxygen atoms in total. The van der Waals surface area contributed by atoms with Gasteiger partial charge in [0, 0.05) is 0 Å². The fraction of sp³-hybridized carbons (Fsp3) is 0.167. The quantitative estimate of drug-likeness (QED) is 0.365. The Balaban J connectivity index is 2.24. The summed E-state index contributed by atoms with van der Waals surface area (Å²) in [5.41, 5.74) is 2.27. The van der Waals surface area contributed by atoms with Gasteiger partial charge in [0.2, 0.25) is 0 Å². The van der Waals surface area contributed by atoms with E-state index in [-0.39, 0.29) is 12.4 Å². The Bertz CT molecular complexity index is 757. The second kappa shape index (κ2) is 6.54. The lowest BCUT2D eigenvalue weighted by atomic mass is 10.2. The highest BCUT2D eigenvalue weighted by Crippen LogP contribution is 2.23. The van der Waals surface area contributed by atoms with E-state index in [1.165, 1.54) is 12.1 Å². The molecule has 0 spiro atoms. The summed E-state index contributed by atoms with van der Waals surface area (Å²) in [4.78, 5) is 25.1.